The Morgan fingerprint density at radius 1 is 1.31 bits per heavy atom. The first kappa shape index (κ1) is 13.9. The third-order valence-corrected chi connectivity index (χ3v) is 3.67. The van der Waals surface area contributed by atoms with Gasteiger partial charge in [-0.25, -0.2) is 0 Å². The second-order valence-corrected chi connectivity index (χ2v) is 5.53. The van der Waals surface area contributed by atoms with Gasteiger partial charge in [0.05, 0.1) is 19.3 Å². The van der Waals surface area contributed by atoms with Crippen LogP contribution < -0.4 is 0 Å². The van der Waals surface area contributed by atoms with E-state index in [0.29, 0.717) is 17.8 Å². The van der Waals surface area contributed by atoms with E-state index >= 15 is 0 Å². The normalized spacial score (nSPS) is 33.0. The zero-order valence-electron chi connectivity index (χ0n) is 10.7. The summed E-state index contributed by atoms with van der Waals surface area (Å²) in [5.74, 6) is 1.94. The van der Waals surface area contributed by atoms with E-state index in [9.17, 15) is 5.11 Å². The molecule has 0 aliphatic heterocycles. The van der Waals surface area contributed by atoms with Crippen molar-refractivity contribution in [2.75, 3.05) is 13.2 Å². The summed E-state index contributed by atoms with van der Waals surface area (Å²) in [7, 11) is 0. The van der Waals surface area contributed by atoms with Gasteiger partial charge in [0.15, 0.2) is 0 Å². The van der Waals surface area contributed by atoms with Crippen molar-refractivity contribution in [2.45, 2.75) is 52.2 Å². The molecule has 1 rings (SSSR count). The number of hydrogen-bond donors (Lipinski definition) is 2. The van der Waals surface area contributed by atoms with Crippen molar-refractivity contribution in [1.82, 2.24) is 0 Å². The summed E-state index contributed by atoms with van der Waals surface area (Å²) in [6.07, 6.45) is 3.11. The molecule has 0 spiro atoms. The van der Waals surface area contributed by atoms with Crippen LogP contribution in [0.5, 0.6) is 0 Å². The van der Waals surface area contributed by atoms with Crippen molar-refractivity contribution in [3.05, 3.63) is 0 Å². The van der Waals surface area contributed by atoms with Crippen molar-refractivity contribution >= 4 is 0 Å². The van der Waals surface area contributed by atoms with Crippen LogP contribution in [-0.4, -0.2) is 35.6 Å². The van der Waals surface area contributed by atoms with Crippen molar-refractivity contribution in [3.8, 4) is 0 Å². The van der Waals surface area contributed by atoms with Gasteiger partial charge in [0.1, 0.15) is 6.10 Å². The third-order valence-electron chi connectivity index (χ3n) is 3.67. The second kappa shape index (κ2) is 6.58. The summed E-state index contributed by atoms with van der Waals surface area (Å²) >= 11 is 0. The van der Waals surface area contributed by atoms with Crippen molar-refractivity contribution in [1.29, 1.82) is 0 Å². The summed E-state index contributed by atoms with van der Waals surface area (Å²) in [5.41, 5.74) is 0. The van der Waals surface area contributed by atoms with Crippen LogP contribution in [-0.2, 0) is 4.74 Å². The second-order valence-electron chi connectivity index (χ2n) is 5.53. The number of rotatable bonds is 5. The predicted molar refractivity (Wildman–Crippen MR) is 64.2 cm³/mol. The van der Waals surface area contributed by atoms with Crippen LogP contribution in [0.15, 0.2) is 0 Å². The molecule has 96 valence electrons. The lowest BCUT2D eigenvalue weighted by Gasteiger charge is -2.37. The van der Waals surface area contributed by atoms with Gasteiger partial charge in [-0.05, 0) is 30.6 Å². The number of ether oxygens (including phenoxy) is 1. The Morgan fingerprint density at radius 3 is 2.56 bits per heavy atom. The zero-order valence-corrected chi connectivity index (χ0v) is 10.7. The first-order valence-electron chi connectivity index (χ1n) is 6.45. The highest BCUT2D eigenvalue weighted by molar-refractivity contribution is 4.81. The molecule has 3 heteroatoms. The Kier molecular flexibility index (Phi) is 5.73. The van der Waals surface area contributed by atoms with E-state index in [1.165, 1.54) is 12.8 Å². The first-order chi connectivity index (χ1) is 7.54. The van der Waals surface area contributed by atoms with Crippen molar-refractivity contribution in [3.63, 3.8) is 0 Å². The molecule has 0 aromatic rings. The Hall–Kier alpha value is -0.120. The average Bonchev–Trinajstić information content (AvgIpc) is 2.25. The molecule has 16 heavy (non-hydrogen) atoms. The molecule has 0 bridgehead atoms. The van der Waals surface area contributed by atoms with Gasteiger partial charge in [-0.3, -0.25) is 0 Å². The average molecular weight is 230 g/mol. The van der Waals surface area contributed by atoms with E-state index in [4.69, 9.17) is 9.84 Å². The van der Waals surface area contributed by atoms with Gasteiger partial charge in [-0.1, -0.05) is 27.2 Å². The van der Waals surface area contributed by atoms with Gasteiger partial charge in [0.2, 0.25) is 0 Å². The highest BCUT2D eigenvalue weighted by Gasteiger charge is 2.31. The lowest BCUT2D eigenvalue weighted by molar-refractivity contribution is -0.0776. The van der Waals surface area contributed by atoms with E-state index in [1.54, 1.807) is 0 Å². The van der Waals surface area contributed by atoms with Gasteiger partial charge in [0, 0.05) is 0 Å². The van der Waals surface area contributed by atoms with Crippen LogP contribution in [0.2, 0.25) is 0 Å². The highest BCUT2D eigenvalue weighted by atomic mass is 16.5. The molecule has 3 nitrogen and oxygen atoms in total. The fourth-order valence-electron chi connectivity index (χ4n) is 2.59. The van der Waals surface area contributed by atoms with Crippen LogP contribution in [0, 0.1) is 17.8 Å². The Bertz CT molecular complexity index is 194. The molecule has 0 aromatic heterocycles. The summed E-state index contributed by atoms with van der Waals surface area (Å²) in [4.78, 5) is 0. The largest absolute Gasteiger partial charge is 0.394 e. The molecule has 0 aromatic carbocycles. The van der Waals surface area contributed by atoms with Crippen LogP contribution in [0.25, 0.3) is 0 Å². The summed E-state index contributed by atoms with van der Waals surface area (Å²) in [5, 5.41) is 18.1. The predicted octanol–water partition coefficient (Wildman–Crippen LogP) is 1.82. The molecular formula is C13H26O3. The zero-order chi connectivity index (χ0) is 12.1. The fourth-order valence-corrected chi connectivity index (χ4v) is 2.59. The maximum atomic E-state index is 9.30. The molecule has 2 N–H and O–H groups in total. The lowest BCUT2D eigenvalue weighted by atomic mass is 9.75. The van der Waals surface area contributed by atoms with Gasteiger partial charge in [-0.15, -0.1) is 0 Å². The standard InChI is InChI=1S/C13H26O3/c1-9(2)12-5-4-10(3)6-13(12)16-8-11(15)7-14/h9-15H,4-8H2,1-3H3/t10-,11+,12-,13+/m1/s1. The number of aliphatic hydroxyl groups is 2. The molecule has 1 aliphatic carbocycles. The molecule has 1 saturated carbocycles. The monoisotopic (exact) mass is 230 g/mol. The maximum absolute atomic E-state index is 9.30. The summed E-state index contributed by atoms with van der Waals surface area (Å²) < 4.78 is 5.77. The van der Waals surface area contributed by atoms with Crippen LogP contribution in [0.3, 0.4) is 0 Å². The number of hydrogen-bond acceptors (Lipinski definition) is 3. The summed E-state index contributed by atoms with van der Waals surface area (Å²) in [6.45, 7) is 6.78. The molecule has 4 atom stereocenters. The minimum absolute atomic E-state index is 0.214. The molecule has 1 fully saturated rings. The van der Waals surface area contributed by atoms with Gasteiger partial charge in [-0.2, -0.15) is 0 Å². The van der Waals surface area contributed by atoms with Crippen LogP contribution >= 0.6 is 0 Å². The van der Waals surface area contributed by atoms with E-state index in [-0.39, 0.29) is 19.3 Å². The minimum atomic E-state index is -0.731. The molecule has 0 unspecified atom stereocenters. The van der Waals surface area contributed by atoms with Crippen molar-refractivity contribution < 1.29 is 14.9 Å². The van der Waals surface area contributed by atoms with Crippen LogP contribution in [0.4, 0.5) is 0 Å². The van der Waals surface area contributed by atoms with E-state index in [2.05, 4.69) is 20.8 Å². The molecule has 1 aliphatic rings. The molecule has 0 saturated heterocycles. The van der Waals surface area contributed by atoms with Crippen molar-refractivity contribution in [2.24, 2.45) is 17.8 Å². The third kappa shape index (κ3) is 4.04. The smallest absolute Gasteiger partial charge is 0.100 e. The van der Waals surface area contributed by atoms with E-state index < -0.39 is 6.10 Å². The van der Waals surface area contributed by atoms with E-state index in [0.717, 1.165) is 6.42 Å². The Balaban J connectivity index is 2.44. The topological polar surface area (TPSA) is 49.7 Å². The lowest BCUT2D eigenvalue weighted by Crippen LogP contribution is -2.36. The highest BCUT2D eigenvalue weighted by Crippen LogP contribution is 2.35. The molecule has 0 heterocycles. The van der Waals surface area contributed by atoms with Gasteiger partial charge < -0.3 is 14.9 Å². The maximum Gasteiger partial charge on any atom is 0.100 e. The van der Waals surface area contributed by atoms with Gasteiger partial charge >= 0.3 is 0 Å². The molecule has 0 radical (unpaired) electrons. The van der Waals surface area contributed by atoms with E-state index in [1.807, 2.05) is 0 Å². The Labute approximate surface area is 98.8 Å². The SMILES string of the molecule is CC(C)[C@H]1CC[C@@H](C)C[C@@H]1OC[C@@H](O)CO. The Morgan fingerprint density at radius 2 is 2.00 bits per heavy atom. The van der Waals surface area contributed by atoms with Crippen LogP contribution in [0.1, 0.15) is 40.0 Å². The molecular weight excluding hydrogens is 204 g/mol. The fraction of sp³-hybridized carbons (Fsp3) is 1.00. The number of aliphatic hydroxyl groups excluding tert-OH is 2. The summed E-state index contributed by atoms with van der Waals surface area (Å²) in [6, 6.07) is 0. The molecule has 0 amide bonds. The minimum Gasteiger partial charge on any atom is -0.394 e. The van der Waals surface area contributed by atoms with Gasteiger partial charge in [0.25, 0.3) is 0 Å². The first-order valence-corrected chi connectivity index (χ1v) is 6.45. The quantitative estimate of drug-likeness (QED) is 0.757.